The molecule has 0 radical (unpaired) electrons. The molecule has 0 spiro atoms. The lowest BCUT2D eigenvalue weighted by Gasteiger charge is -2.27. The van der Waals surface area contributed by atoms with Crippen molar-refractivity contribution in [2.45, 2.75) is 11.8 Å². The molecule has 1 saturated heterocycles. The Hall–Kier alpha value is -3.08. The number of carbonyl (C=O) groups is 2. The van der Waals surface area contributed by atoms with Gasteiger partial charge in [0.2, 0.25) is 10.0 Å². The number of hydrogen-bond donors (Lipinski definition) is 2. The second kappa shape index (κ2) is 10.0. The summed E-state index contributed by atoms with van der Waals surface area (Å²) in [5, 5.41) is 2.68. The number of nitrogens with one attached hydrogen (secondary N) is 2. The van der Waals surface area contributed by atoms with Gasteiger partial charge < -0.3 is 15.0 Å². The fourth-order valence-electron chi connectivity index (χ4n) is 3.23. The first kappa shape index (κ1) is 23.6. The van der Waals surface area contributed by atoms with Crippen LogP contribution in [-0.4, -0.2) is 58.0 Å². The van der Waals surface area contributed by atoms with Crippen LogP contribution in [0.4, 0.5) is 10.1 Å². The predicted octanol–water partition coefficient (Wildman–Crippen LogP) is 2.32. The van der Waals surface area contributed by atoms with Gasteiger partial charge in [-0.3, -0.25) is 9.59 Å². The van der Waals surface area contributed by atoms with Crippen LogP contribution in [0.1, 0.15) is 26.3 Å². The molecule has 0 atom stereocenters. The van der Waals surface area contributed by atoms with E-state index in [4.69, 9.17) is 4.74 Å². The third kappa shape index (κ3) is 5.21. The molecule has 1 fully saturated rings. The molecule has 8 nitrogen and oxygen atoms in total. The highest BCUT2D eigenvalue weighted by atomic mass is 32.2. The van der Waals surface area contributed by atoms with Gasteiger partial charge in [0.05, 0.1) is 13.2 Å². The third-order valence-electron chi connectivity index (χ3n) is 5.01. The number of sulfonamides is 1. The van der Waals surface area contributed by atoms with E-state index < -0.39 is 26.6 Å². The van der Waals surface area contributed by atoms with Crippen LogP contribution in [-0.2, 0) is 14.8 Å². The smallest absolute Gasteiger partial charge is 0.255 e. The number of ether oxygens (including phenoxy) is 1. The first-order chi connectivity index (χ1) is 15.2. The van der Waals surface area contributed by atoms with Crippen molar-refractivity contribution in [3.63, 3.8) is 0 Å². The van der Waals surface area contributed by atoms with Crippen molar-refractivity contribution in [2.24, 2.45) is 0 Å². The van der Waals surface area contributed by atoms with Gasteiger partial charge in [-0.15, -0.1) is 6.58 Å². The van der Waals surface area contributed by atoms with E-state index in [0.717, 1.165) is 12.1 Å². The summed E-state index contributed by atoms with van der Waals surface area (Å²) in [5.74, 6) is -1.78. The van der Waals surface area contributed by atoms with Crippen LogP contribution in [0.5, 0.6) is 0 Å². The van der Waals surface area contributed by atoms with Gasteiger partial charge in [0.1, 0.15) is 10.7 Å². The van der Waals surface area contributed by atoms with Gasteiger partial charge in [-0.25, -0.2) is 17.5 Å². The first-order valence-electron chi connectivity index (χ1n) is 9.92. The van der Waals surface area contributed by atoms with Gasteiger partial charge in [-0.2, -0.15) is 0 Å². The highest BCUT2D eigenvalue weighted by molar-refractivity contribution is 7.89. The monoisotopic (exact) mass is 461 g/mol. The topological polar surface area (TPSA) is 105 Å². The molecule has 3 rings (SSSR count). The summed E-state index contributed by atoms with van der Waals surface area (Å²) in [5.41, 5.74) is 1.36. The summed E-state index contributed by atoms with van der Waals surface area (Å²) in [7, 11) is -4.16. The number of anilines is 1. The largest absolute Gasteiger partial charge is 0.378 e. The lowest BCUT2D eigenvalue weighted by atomic mass is 10.0. The number of halogens is 1. The van der Waals surface area contributed by atoms with E-state index in [1.807, 2.05) is 0 Å². The average Bonchev–Trinajstić information content (AvgIpc) is 2.79. The molecular formula is C22H24FN3O5S. The van der Waals surface area contributed by atoms with Crippen LogP contribution in [0.15, 0.2) is 53.9 Å². The molecular weight excluding hydrogens is 437 g/mol. The molecule has 0 aliphatic carbocycles. The Kier molecular flexibility index (Phi) is 7.39. The van der Waals surface area contributed by atoms with Crippen LogP contribution in [0.2, 0.25) is 0 Å². The molecule has 0 aromatic heterocycles. The number of hydrogen-bond acceptors (Lipinski definition) is 5. The zero-order valence-electron chi connectivity index (χ0n) is 17.6. The molecule has 2 amide bonds. The highest BCUT2D eigenvalue weighted by Crippen LogP contribution is 2.23. The van der Waals surface area contributed by atoms with Crippen LogP contribution in [0, 0.1) is 12.7 Å². The first-order valence-corrected chi connectivity index (χ1v) is 11.4. The Labute approximate surface area is 186 Å². The van der Waals surface area contributed by atoms with Crippen LogP contribution in [0.25, 0.3) is 0 Å². The van der Waals surface area contributed by atoms with Gasteiger partial charge in [0.15, 0.2) is 0 Å². The summed E-state index contributed by atoms with van der Waals surface area (Å²) in [6.45, 7) is 6.96. The normalized spacial score (nSPS) is 14.1. The summed E-state index contributed by atoms with van der Waals surface area (Å²) in [6.07, 6.45) is 1.32. The Morgan fingerprint density at radius 2 is 1.94 bits per heavy atom. The minimum atomic E-state index is -4.16. The van der Waals surface area contributed by atoms with Crippen LogP contribution < -0.4 is 10.0 Å². The molecule has 0 saturated carbocycles. The standard InChI is InChI=1S/C22H24FN3O5S/c1-3-9-24-32(29,30)20-14-16(7-8-18(20)23)21(27)25-19-6-4-5-17(15(19)2)22(28)26-10-12-31-13-11-26/h3-8,14,24H,1,9-13H2,2H3,(H,25,27). The predicted molar refractivity (Wildman–Crippen MR) is 118 cm³/mol. The molecule has 1 heterocycles. The minimum absolute atomic E-state index is 0.0466. The molecule has 1 aliphatic heterocycles. The number of carbonyl (C=O) groups excluding carboxylic acids is 2. The maximum atomic E-state index is 14.1. The molecule has 2 N–H and O–H groups in total. The highest BCUT2D eigenvalue weighted by Gasteiger charge is 2.23. The summed E-state index contributed by atoms with van der Waals surface area (Å²) < 4.78 is 46.2. The molecule has 0 unspecified atom stereocenters. The van der Waals surface area contributed by atoms with Gasteiger partial charge in [0, 0.05) is 36.4 Å². The quantitative estimate of drug-likeness (QED) is 0.616. The molecule has 2 aromatic carbocycles. The fourth-order valence-corrected chi connectivity index (χ4v) is 4.33. The molecule has 1 aliphatic rings. The van der Waals surface area contributed by atoms with Crippen LogP contribution in [0.3, 0.4) is 0 Å². The summed E-state index contributed by atoms with van der Waals surface area (Å²) in [6, 6.07) is 8.04. The van der Waals surface area contributed by atoms with Crippen molar-refractivity contribution >= 4 is 27.5 Å². The van der Waals surface area contributed by atoms with Crippen LogP contribution >= 0.6 is 0 Å². The Morgan fingerprint density at radius 3 is 2.62 bits per heavy atom. The lowest BCUT2D eigenvalue weighted by Crippen LogP contribution is -2.41. The lowest BCUT2D eigenvalue weighted by molar-refractivity contribution is 0.0302. The molecule has 10 heteroatoms. The van der Waals surface area contributed by atoms with E-state index in [-0.39, 0.29) is 18.0 Å². The number of morpholine rings is 1. The van der Waals surface area contributed by atoms with Gasteiger partial charge in [0.25, 0.3) is 11.8 Å². The van der Waals surface area contributed by atoms with Crippen molar-refractivity contribution in [1.29, 1.82) is 0 Å². The number of amides is 2. The number of benzene rings is 2. The maximum absolute atomic E-state index is 14.1. The zero-order chi connectivity index (χ0) is 23.3. The summed E-state index contributed by atoms with van der Waals surface area (Å²) >= 11 is 0. The van der Waals surface area contributed by atoms with E-state index >= 15 is 0 Å². The van der Waals surface area contributed by atoms with E-state index in [0.29, 0.717) is 43.1 Å². The molecule has 170 valence electrons. The van der Waals surface area contributed by atoms with Crippen molar-refractivity contribution in [2.75, 3.05) is 38.2 Å². The average molecular weight is 462 g/mol. The number of rotatable bonds is 7. The Morgan fingerprint density at radius 1 is 1.22 bits per heavy atom. The Balaban J connectivity index is 1.84. The molecule has 0 bridgehead atoms. The van der Waals surface area contributed by atoms with Crippen molar-refractivity contribution in [3.8, 4) is 0 Å². The van der Waals surface area contributed by atoms with E-state index in [1.54, 1.807) is 30.0 Å². The van der Waals surface area contributed by atoms with Gasteiger partial charge in [-0.1, -0.05) is 12.1 Å². The number of nitrogens with zero attached hydrogens (tertiary/aromatic N) is 1. The minimum Gasteiger partial charge on any atom is -0.378 e. The maximum Gasteiger partial charge on any atom is 0.255 e. The zero-order valence-corrected chi connectivity index (χ0v) is 18.4. The second-order valence-electron chi connectivity index (χ2n) is 7.12. The fraction of sp³-hybridized carbons (Fsp3) is 0.273. The van der Waals surface area contributed by atoms with E-state index in [1.165, 1.54) is 12.1 Å². The van der Waals surface area contributed by atoms with E-state index in [2.05, 4.69) is 16.6 Å². The van der Waals surface area contributed by atoms with Gasteiger partial charge in [-0.05, 0) is 42.8 Å². The Bertz CT molecular complexity index is 1140. The molecule has 2 aromatic rings. The second-order valence-corrected chi connectivity index (χ2v) is 8.86. The van der Waals surface area contributed by atoms with E-state index in [9.17, 15) is 22.4 Å². The van der Waals surface area contributed by atoms with Crippen molar-refractivity contribution in [3.05, 3.63) is 71.6 Å². The third-order valence-corrected chi connectivity index (χ3v) is 6.45. The summed E-state index contributed by atoms with van der Waals surface area (Å²) in [4.78, 5) is 26.7. The van der Waals surface area contributed by atoms with Crippen molar-refractivity contribution in [1.82, 2.24) is 9.62 Å². The van der Waals surface area contributed by atoms with Crippen molar-refractivity contribution < 1.29 is 27.1 Å². The SMILES string of the molecule is C=CCNS(=O)(=O)c1cc(C(=O)Nc2cccc(C(=O)N3CCOCC3)c2C)ccc1F. The van der Waals surface area contributed by atoms with Gasteiger partial charge >= 0.3 is 0 Å². The molecule has 32 heavy (non-hydrogen) atoms.